The van der Waals surface area contributed by atoms with Crippen LogP contribution >= 0.6 is 7.92 Å². The van der Waals surface area contributed by atoms with E-state index in [0.29, 0.717) is 0 Å². The predicted molar refractivity (Wildman–Crippen MR) is 124 cm³/mol. The molecule has 0 amide bonds. The summed E-state index contributed by atoms with van der Waals surface area (Å²) in [6.45, 7) is 9.50. The maximum absolute atomic E-state index is 2.43. The van der Waals surface area contributed by atoms with Crippen molar-refractivity contribution >= 4 is 24.0 Å². The van der Waals surface area contributed by atoms with Crippen LogP contribution in [-0.4, -0.2) is 11.3 Å². The molecule has 0 spiro atoms. The fraction of sp³-hybridized carbons (Fsp3) is 0.462. The minimum atomic E-state index is -0.0252. The van der Waals surface area contributed by atoms with Crippen LogP contribution in [0.5, 0.6) is 0 Å². The van der Waals surface area contributed by atoms with Gasteiger partial charge in [0.2, 0.25) is 0 Å². The van der Waals surface area contributed by atoms with E-state index in [9.17, 15) is 0 Å². The minimum absolute atomic E-state index is 0. The second-order valence-corrected chi connectivity index (χ2v) is 11.2. The van der Waals surface area contributed by atoms with E-state index in [1.165, 1.54) is 36.5 Å². The molecule has 30 heavy (non-hydrogen) atoms. The van der Waals surface area contributed by atoms with Crippen LogP contribution in [0.4, 0.5) is 0 Å². The van der Waals surface area contributed by atoms with Gasteiger partial charge in [-0.2, -0.15) is 12.5 Å². The van der Waals surface area contributed by atoms with Crippen LogP contribution < -0.4 is 30.1 Å². The maximum Gasteiger partial charge on any atom is 4.00 e. The average molecular weight is 628 g/mol. The molecule has 2 aromatic rings. The molecule has 0 bridgehead atoms. The number of benzene rings is 1. The number of halogens is 2. The zero-order valence-corrected chi connectivity index (χ0v) is 24.7. The minimum Gasteiger partial charge on any atom is -1.00 e. The molecule has 162 valence electrons. The summed E-state index contributed by atoms with van der Waals surface area (Å²) in [5.74, 6) is 1.62. The summed E-state index contributed by atoms with van der Waals surface area (Å²) in [5, 5.41) is 4.42. The summed E-state index contributed by atoms with van der Waals surface area (Å²) in [6.07, 6.45) is 16.6. The zero-order valence-electron chi connectivity index (χ0n) is 18.7. The van der Waals surface area contributed by atoms with Gasteiger partial charge in [0.1, 0.15) is 0 Å². The Labute approximate surface area is 217 Å². The van der Waals surface area contributed by atoms with Gasteiger partial charge >= 0.3 is 25.8 Å². The van der Waals surface area contributed by atoms with Crippen molar-refractivity contribution in [3.63, 3.8) is 0 Å². The third kappa shape index (κ3) is 7.65. The fourth-order valence-corrected chi connectivity index (χ4v) is 7.56. The molecule has 0 N–H and O–H groups in total. The Kier molecular flexibility index (Phi) is 15.2. The second kappa shape index (κ2) is 15.1. The SMILES string of the molecule is C1=CC2[CH-]CCC2C=C1.CCC(C)P(c1cc2ccccc2[cH-]1)C(C)CC.[Cl-].[Cl-].[Hf+4]. The van der Waals surface area contributed by atoms with Crippen LogP contribution in [0.15, 0.2) is 60.7 Å². The van der Waals surface area contributed by atoms with Crippen molar-refractivity contribution in [3.8, 4) is 0 Å². The quantitative estimate of drug-likeness (QED) is 0.269. The van der Waals surface area contributed by atoms with E-state index in [0.717, 1.165) is 23.2 Å². The van der Waals surface area contributed by atoms with Crippen molar-refractivity contribution in [1.29, 1.82) is 0 Å². The molecular weight excluding hydrogens is 593 g/mol. The summed E-state index contributed by atoms with van der Waals surface area (Å²) >= 11 is 0. The third-order valence-corrected chi connectivity index (χ3v) is 9.75. The van der Waals surface area contributed by atoms with Crippen molar-refractivity contribution < 1.29 is 50.7 Å². The number of fused-ring (bicyclic) bond motifs is 2. The first-order chi connectivity index (χ1) is 13.1. The van der Waals surface area contributed by atoms with E-state index in [1.807, 2.05) is 0 Å². The van der Waals surface area contributed by atoms with Gasteiger partial charge in [-0.1, -0.05) is 66.3 Å². The summed E-state index contributed by atoms with van der Waals surface area (Å²) in [6, 6.07) is 13.6. The summed E-state index contributed by atoms with van der Waals surface area (Å²) < 4.78 is 0. The van der Waals surface area contributed by atoms with Crippen molar-refractivity contribution in [2.24, 2.45) is 11.8 Å². The van der Waals surface area contributed by atoms with Gasteiger partial charge in [-0.15, -0.1) is 52.3 Å². The van der Waals surface area contributed by atoms with Crippen LogP contribution in [0.25, 0.3) is 10.8 Å². The molecule has 0 aliphatic heterocycles. The van der Waals surface area contributed by atoms with E-state index in [1.54, 1.807) is 5.30 Å². The van der Waals surface area contributed by atoms with Crippen molar-refractivity contribution in [1.82, 2.24) is 0 Å². The monoisotopic (exact) mass is 628 g/mol. The third-order valence-electron chi connectivity index (χ3n) is 6.27. The Hall–Kier alpha value is 0.190. The summed E-state index contributed by atoms with van der Waals surface area (Å²) in [5.41, 5.74) is 1.65. The summed E-state index contributed by atoms with van der Waals surface area (Å²) in [4.78, 5) is 0. The van der Waals surface area contributed by atoms with Crippen molar-refractivity contribution in [3.05, 3.63) is 67.1 Å². The molecule has 2 aromatic carbocycles. The zero-order chi connectivity index (χ0) is 19.2. The molecule has 0 nitrogen and oxygen atoms in total. The van der Waals surface area contributed by atoms with Gasteiger partial charge in [0.15, 0.2) is 0 Å². The molecule has 4 rings (SSSR count). The first-order valence-corrected chi connectivity index (χ1v) is 12.2. The van der Waals surface area contributed by atoms with Gasteiger partial charge in [0, 0.05) is 0 Å². The molecule has 1 fully saturated rings. The molecular formula is C26H35Cl2HfP. The van der Waals surface area contributed by atoms with Gasteiger partial charge in [0.25, 0.3) is 0 Å². The Morgan fingerprint density at radius 2 is 1.63 bits per heavy atom. The normalized spacial score (nSPS) is 21.7. The molecule has 2 aliphatic carbocycles. The molecule has 0 saturated heterocycles. The van der Waals surface area contributed by atoms with E-state index < -0.39 is 0 Å². The number of hydrogen-bond donors (Lipinski definition) is 0. The second-order valence-electron chi connectivity index (χ2n) is 8.09. The number of allylic oxidation sites excluding steroid dienone is 4. The van der Waals surface area contributed by atoms with Gasteiger partial charge in [-0.05, 0) is 30.1 Å². The van der Waals surface area contributed by atoms with Crippen LogP contribution in [0.3, 0.4) is 0 Å². The largest absolute Gasteiger partial charge is 4.00 e. The topological polar surface area (TPSA) is 0 Å². The fourth-order valence-electron chi connectivity index (χ4n) is 4.31. The first kappa shape index (κ1) is 30.2. The average Bonchev–Trinajstić information content (AvgIpc) is 3.34. The Bertz CT molecular complexity index is 721. The molecule has 4 unspecified atom stereocenters. The van der Waals surface area contributed by atoms with E-state index in [4.69, 9.17) is 0 Å². The van der Waals surface area contributed by atoms with Crippen LogP contribution in [0, 0.1) is 18.3 Å². The smallest absolute Gasteiger partial charge is 1.00 e. The van der Waals surface area contributed by atoms with Gasteiger partial charge in [0.05, 0.1) is 0 Å². The molecule has 0 heterocycles. The Morgan fingerprint density at radius 1 is 1.00 bits per heavy atom. The molecule has 4 atom stereocenters. The molecule has 4 heteroatoms. The van der Waals surface area contributed by atoms with Gasteiger partial charge in [-0.25, -0.2) is 0 Å². The number of hydrogen-bond acceptors (Lipinski definition) is 0. The molecule has 0 aromatic heterocycles. The van der Waals surface area contributed by atoms with E-state index in [-0.39, 0.29) is 58.6 Å². The standard InChI is InChI=1S/C17H24P.C9H11.2ClH.Hf/c1-5-13(3)18(14(4)6-2)17-11-15-9-7-8-10-16(15)12-17;1-2-5-9-7-3-6-8(9)4-1;;;/h7-14H,5-6H2,1-4H3;1-2,4-6,8-9H,3,7H2;2*1H;/q2*-1;;;+4/p-2. The molecule has 1 saturated carbocycles. The van der Waals surface area contributed by atoms with Crippen molar-refractivity contribution in [2.75, 3.05) is 0 Å². The van der Waals surface area contributed by atoms with Crippen LogP contribution in [0.1, 0.15) is 53.4 Å². The van der Waals surface area contributed by atoms with E-state index in [2.05, 4.69) is 94.8 Å². The summed E-state index contributed by atoms with van der Waals surface area (Å²) in [7, 11) is -0.0252. The maximum atomic E-state index is 2.43. The molecule has 2 aliphatic rings. The number of rotatable bonds is 5. The predicted octanol–water partition coefficient (Wildman–Crippen LogP) is 1.61. The van der Waals surface area contributed by atoms with Crippen LogP contribution in [0.2, 0.25) is 0 Å². The van der Waals surface area contributed by atoms with Crippen molar-refractivity contribution in [2.45, 2.75) is 64.7 Å². The van der Waals surface area contributed by atoms with Crippen LogP contribution in [-0.2, 0) is 25.8 Å². The molecule has 0 radical (unpaired) electrons. The first-order valence-electron chi connectivity index (χ1n) is 10.8. The van der Waals surface area contributed by atoms with Gasteiger partial charge in [-0.3, -0.25) is 0 Å². The van der Waals surface area contributed by atoms with Gasteiger partial charge < -0.3 is 31.2 Å². The van der Waals surface area contributed by atoms with E-state index >= 15 is 0 Å². The Morgan fingerprint density at radius 3 is 2.23 bits per heavy atom. The Balaban J connectivity index is 0.000000597.